The van der Waals surface area contributed by atoms with Crippen molar-refractivity contribution in [2.45, 2.75) is 19.4 Å². The van der Waals surface area contributed by atoms with Crippen molar-refractivity contribution in [3.8, 4) is 23.1 Å². The maximum absolute atomic E-state index is 12.8. The first kappa shape index (κ1) is 20.4. The number of ether oxygens (including phenoxy) is 1. The molecule has 156 valence electrons. The van der Waals surface area contributed by atoms with E-state index in [-0.39, 0.29) is 11.5 Å². The van der Waals surface area contributed by atoms with Crippen molar-refractivity contribution in [2.24, 2.45) is 0 Å². The molecule has 0 N–H and O–H groups in total. The maximum atomic E-state index is 12.8. The Morgan fingerprint density at radius 1 is 1.13 bits per heavy atom. The van der Waals surface area contributed by atoms with Gasteiger partial charge in [0.15, 0.2) is 0 Å². The van der Waals surface area contributed by atoms with Gasteiger partial charge in [-0.2, -0.15) is 10.4 Å². The van der Waals surface area contributed by atoms with Crippen LogP contribution in [-0.2, 0) is 11.3 Å². The molecule has 1 aromatic heterocycles. The lowest BCUT2D eigenvalue weighted by atomic mass is 10.0. The molecular formula is C25H24N4O2. The summed E-state index contributed by atoms with van der Waals surface area (Å²) in [6.07, 6.45) is 5.48. The molecule has 31 heavy (non-hydrogen) atoms. The monoisotopic (exact) mass is 412 g/mol. The van der Waals surface area contributed by atoms with Crippen molar-refractivity contribution in [3.63, 3.8) is 0 Å². The third kappa shape index (κ3) is 4.51. The van der Waals surface area contributed by atoms with Crippen LogP contribution in [-0.4, -0.2) is 40.8 Å². The van der Waals surface area contributed by atoms with Gasteiger partial charge in [-0.3, -0.25) is 9.48 Å². The van der Waals surface area contributed by atoms with Crippen molar-refractivity contribution in [3.05, 3.63) is 77.5 Å². The van der Waals surface area contributed by atoms with Gasteiger partial charge in [-0.1, -0.05) is 42.5 Å². The van der Waals surface area contributed by atoms with Crippen molar-refractivity contribution < 1.29 is 9.53 Å². The molecule has 2 heterocycles. The highest BCUT2D eigenvalue weighted by atomic mass is 16.5. The summed E-state index contributed by atoms with van der Waals surface area (Å²) in [5.74, 6) is 0.466. The van der Waals surface area contributed by atoms with Gasteiger partial charge in [0.2, 0.25) is 0 Å². The van der Waals surface area contributed by atoms with Crippen LogP contribution in [0.3, 0.4) is 0 Å². The quantitative estimate of drug-likeness (QED) is 0.451. The van der Waals surface area contributed by atoms with Crippen molar-refractivity contribution in [1.82, 2.24) is 14.7 Å². The van der Waals surface area contributed by atoms with Crippen LogP contribution in [0.25, 0.3) is 17.3 Å². The minimum absolute atomic E-state index is 0.123. The zero-order valence-electron chi connectivity index (χ0n) is 17.5. The highest BCUT2D eigenvalue weighted by Crippen LogP contribution is 2.32. The summed E-state index contributed by atoms with van der Waals surface area (Å²) in [6.45, 7) is 1.98. The van der Waals surface area contributed by atoms with Gasteiger partial charge in [0.05, 0.1) is 13.7 Å². The van der Waals surface area contributed by atoms with Crippen LogP contribution in [0.2, 0.25) is 0 Å². The predicted octanol–water partition coefficient (Wildman–Crippen LogP) is 4.14. The number of methoxy groups -OCH3 is 1. The van der Waals surface area contributed by atoms with Crippen LogP contribution < -0.4 is 4.74 Å². The lowest BCUT2D eigenvalue weighted by Crippen LogP contribution is -2.28. The van der Waals surface area contributed by atoms with Gasteiger partial charge >= 0.3 is 0 Å². The van der Waals surface area contributed by atoms with E-state index < -0.39 is 0 Å². The summed E-state index contributed by atoms with van der Waals surface area (Å²) in [4.78, 5) is 14.6. The lowest BCUT2D eigenvalue weighted by molar-refractivity contribution is -0.125. The van der Waals surface area contributed by atoms with E-state index in [1.165, 1.54) is 0 Å². The van der Waals surface area contributed by atoms with Crippen LogP contribution in [0.4, 0.5) is 0 Å². The molecule has 0 atom stereocenters. The molecule has 1 aliphatic rings. The minimum atomic E-state index is -0.221. The topological polar surface area (TPSA) is 71.1 Å². The van der Waals surface area contributed by atoms with Crippen LogP contribution in [0, 0.1) is 11.3 Å². The molecule has 1 amide bonds. The van der Waals surface area contributed by atoms with Crippen molar-refractivity contribution >= 4 is 12.0 Å². The van der Waals surface area contributed by atoms with E-state index >= 15 is 0 Å². The normalized spacial score (nSPS) is 13.8. The second kappa shape index (κ2) is 9.31. The van der Waals surface area contributed by atoms with E-state index in [2.05, 4.69) is 6.07 Å². The number of nitriles is 1. The zero-order valence-corrected chi connectivity index (χ0v) is 17.5. The molecule has 4 rings (SSSR count). The first-order chi connectivity index (χ1) is 15.2. The smallest absolute Gasteiger partial charge is 0.264 e. The summed E-state index contributed by atoms with van der Waals surface area (Å²) in [5, 5.41) is 14.5. The largest absolute Gasteiger partial charge is 0.496 e. The van der Waals surface area contributed by atoms with Gasteiger partial charge in [0, 0.05) is 30.4 Å². The number of para-hydroxylation sites is 1. The number of carbonyl (C=O) groups is 1. The molecule has 1 fully saturated rings. The number of hydrogen-bond acceptors (Lipinski definition) is 4. The van der Waals surface area contributed by atoms with E-state index in [9.17, 15) is 10.1 Å². The van der Waals surface area contributed by atoms with Crippen LogP contribution in [0.15, 0.2) is 66.4 Å². The molecule has 0 unspecified atom stereocenters. The second-order valence-electron chi connectivity index (χ2n) is 7.49. The van der Waals surface area contributed by atoms with E-state index in [0.29, 0.717) is 36.6 Å². The van der Waals surface area contributed by atoms with Gasteiger partial charge in [-0.25, -0.2) is 0 Å². The molecule has 1 aliphatic heterocycles. The standard InChI is InChI=1S/C25H24N4O2/c1-31-23-12-6-5-11-22(23)24-21(15-20(16-26)25(30)28-13-7-8-14-28)18-29(27-24)17-19-9-3-2-4-10-19/h2-6,9-12,15,18H,7-8,13-14,17H2,1H3/b20-15+. The first-order valence-corrected chi connectivity index (χ1v) is 10.4. The van der Waals surface area contributed by atoms with Crippen molar-refractivity contribution in [1.29, 1.82) is 5.26 Å². The Morgan fingerprint density at radius 3 is 2.55 bits per heavy atom. The number of amides is 1. The Kier molecular flexibility index (Phi) is 6.13. The highest BCUT2D eigenvalue weighted by molar-refractivity contribution is 6.02. The molecule has 0 aliphatic carbocycles. The lowest BCUT2D eigenvalue weighted by Gasteiger charge is -2.14. The van der Waals surface area contributed by atoms with Gasteiger partial charge in [0.1, 0.15) is 23.1 Å². The third-order valence-corrected chi connectivity index (χ3v) is 5.38. The van der Waals surface area contributed by atoms with Crippen LogP contribution in [0.5, 0.6) is 5.75 Å². The van der Waals surface area contributed by atoms with E-state index in [4.69, 9.17) is 9.84 Å². The van der Waals surface area contributed by atoms with E-state index in [1.807, 2.05) is 65.5 Å². The second-order valence-corrected chi connectivity index (χ2v) is 7.49. The summed E-state index contributed by atoms with van der Waals surface area (Å²) in [7, 11) is 1.62. The van der Waals surface area contributed by atoms with Gasteiger partial charge in [-0.15, -0.1) is 0 Å². The Labute approximate surface area is 182 Å². The first-order valence-electron chi connectivity index (χ1n) is 10.4. The number of rotatable bonds is 6. The number of hydrogen-bond donors (Lipinski definition) is 0. The summed E-state index contributed by atoms with van der Waals surface area (Å²) < 4.78 is 7.36. The maximum Gasteiger partial charge on any atom is 0.264 e. The average molecular weight is 412 g/mol. The Morgan fingerprint density at radius 2 is 1.84 bits per heavy atom. The summed E-state index contributed by atoms with van der Waals surface area (Å²) in [6, 6.07) is 19.8. The molecule has 3 aromatic rings. The molecule has 0 saturated carbocycles. The summed E-state index contributed by atoms with van der Waals surface area (Å²) >= 11 is 0. The third-order valence-electron chi connectivity index (χ3n) is 5.38. The number of aromatic nitrogens is 2. The van der Waals surface area contributed by atoms with Crippen LogP contribution >= 0.6 is 0 Å². The van der Waals surface area contributed by atoms with Gasteiger partial charge < -0.3 is 9.64 Å². The fraction of sp³-hybridized carbons (Fsp3) is 0.240. The zero-order chi connectivity index (χ0) is 21.6. The van der Waals surface area contributed by atoms with Gasteiger partial charge in [-0.05, 0) is 36.6 Å². The Hall–Kier alpha value is -3.85. The predicted molar refractivity (Wildman–Crippen MR) is 119 cm³/mol. The molecule has 0 bridgehead atoms. The molecular weight excluding hydrogens is 388 g/mol. The van der Waals surface area contributed by atoms with Gasteiger partial charge in [0.25, 0.3) is 5.91 Å². The van der Waals surface area contributed by atoms with E-state index in [0.717, 1.165) is 24.0 Å². The molecule has 6 nitrogen and oxygen atoms in total. The van der Waals surface area contributed by atoms with Crippen molar-refractivity contribution in [2.75, 3.05) is 20.2 Å². The molecule has 0 radical (unpaired) electrons. The highest BCUT2D eigenvalue weighted by Gasteiger charge is 2.23. The minimum Gasteiger partial charge on any atom is -0.496 e. The van der Waals surface area contributed by atoms with E-state index in [1.54, 1.807) is 18.1 Å². The SMILES string of the molecule is COc1ccccc1-c1nn(Cc2ccccc2)cc1/C=C(\C#N)C(=O)N1CCCC1. The number of likely N-dealkylation sites (tertiary alicyclic amines) is 1. The Bertz CT molecular complexity index is 1140. The number of carbonyl (C=O) groups excluding carboxylic acids is 1. The van der Waals surface area contributed by atoms with Crippen LogP contribution in [0.1, 0.15) is 24.0 Å². The molecule has 2 aromatic carbocycles. The Balaban J connectivity index is 1.77. The number of benzene rings is 2. The fourth-order valence-electron chi connectivity index (χ4n) is 3.83. The fourth-order valence-corrected chi connectivity index (χ4v) is 3.83. The molecule has 1 saturated heterocycles. The molecule has 0 spiro atoms. The average Bonchev–Trinajstić information content (AvgIpc) is 3.48. The molecule has 6 heteroatoms. The summed E-state index contributed by atoms with van der Waals surface area (Å²) in [5.41, 5.74) is 3.44. The number of nitrogens with zero attached hydrogens (tertiary/aromatic N) is 4.